The van der Waals surface area contributed by atoms with E-state index in [0.29, 0.717) is 0 Å². The first-order valence-electron chi connectivity index (χ1n) is 4.20. The van der Waals surface area contributed by atoms with Gasteiger partial charge in [0.05, 0.1) is 5.69 Å². The molecular weight excluding hydrogens is 178 g/mol. The highest BCUT2D eigenvalue weighted by Crippen LogP contribution is 2.12. The highest BCUT2D eigenvalue weighted by molar-refractivity contribution is 5.56. The van der Waals surface area contributed by atoms with E-state index >= 15 is 0 Å². The van der Waals surface area contributed by atoms with Gasteiger partial charge in [-0.05, 0) is 12.1 Å². The summed E-state index contributed by atoms with van der Waals surface area (Å²) in [5, 5.41) is 0. The molecule has 0 fully saturated rings. The lowest BCUT2D eigenvalue weighted by Gasteiger charge is -2.01. The van der Waals surface area contributed by atoms with Crippen molar-refractivity contribution in [2.45, 2.75) is 0 Å². The number of aromatic nitrogens is 3. The fraction of sp³-hybridized carbons (Fsp3) is 0.100. The molecule has 0 atom stereocenters. The van der Waals surface area contributed by atoms with Gasteiger partial charge in [0, 0.05) is 31.1 Å². The third-order valence-electron chi connectivity index (χ3n) is 1.96. The van der Waals surface area contributed by atoms with E-state index in [9.17, 15) is 4.79 Å². The van der Waals surface area contributed by atoms with Crippen LogP contribution in [0.4, 0.5) is 0 Å². The van der Waals surface area contributed by atoms with Gasteiger partial charge >= 0.3 is 0 Å². The van der Waals surface area contributed by atoms with Gasteiger partial charge in [-0.3, -0.25) is 4.79 Å². The van der Waals surface area contributed by atoms with E-state index in [-0.39, 0.29) is 5.56 Å². The van der Waals surface area contributed by atoms with Crippen LogP contribution < -0.4 is 5.56 Å². The molecule has 0 unspecified atom stereocenters. The average Bonchev–Trinajstić information content (AvgIpc) is 2.23. The predicted molar refractivity (Wildman–Crippen MR) is 52.7 cm³/mol. The molecule has 2 aromatic rings. The molecule has 2 aromatic heterocycles. The largest absolute Gasteiger partial charge is 0.318 e. The molecule has 0 aliphatic carbocycles. The molecule has 0 radical (unpaired) electrons. The minimum absolute atomic E-state index is 0.0252. The van der Waals surface area contributed by atoms with Gasteiger partial charge < -0.3 is 4.57 Å². The Kier molecular flexibility index (Phi) is 2.10. The van der Waals surface area contributed by atoms with Gasteiger partial charge in [0.1, 0.15) is 6.33 Å². The Bertz CT molecular complexity index is 490. The molecule has 2 heterocycles. The molecule has 0 spiro atoms. The normalized spacial score (nSPS) is 10.1. The summed E-state index contributed by atoms with van der Waals surface area (Å²) in [5.41, 5.74) is 1.70. The second-order valence-electron chi connectivity index (χ2n) is 2.96. The summed E-state index contributed by atoms with van der Waals surface area (Å²) in [5.74, 6) is 0. The minimum atomic E-state index is -0.0252. The Morgan fingerprint density at radius 3 is 2.79 bits per heavy atom. The van der Waals surface area contributed by atoms with Crippen molar-refractivity contribution in [3.05, 3.63) is 47.3 Å². The first kappa shape index (κ1) is 8.62. The van der Waals surface area contributed by atoms with Gasteiger partial charge in [-0.1, -0.05) is 0 Å². The molecular formula is C10H9N3O. The van der Waals surface area contributed by atoms with E-state index in [1.54, 1.807) is 31.6 Å². The van der Waals surface area contributed by atoms with Gasteiger partial charge in [-0.2, -0.15) is 0 Å². The van der Waals surface area contributed by atoms with Gasteiger partial charge in [0.25, 0.3) is 0 Å². The van der Waals surface area contributed by atoms with E-state index in [1.165, 1.54) is 17.0 Å². The summed E-state index contributed by atoms with van der Waals surface area (Å²) in [6.45, 7) is 0. The Balaban J connectivity index is 2.54. The summed E-state index contributed by atoms with van der Waals surface area (Å²) in [6.07, 6.45) is 4.92. The molecule has 0 saturated heterocycles. The van der Waals surface area contributed by atoms with Crippen LogP contribution in [0.1, 0.15) is 0 Å². The molecule has 70 valence electrons. The monoisotopic (exact) mass is 187 g/mol. The summed E-state index contributed by atoms with van der Waals surface area (Å²) in [6, 6.07) is 5.09. The first-order valence-corrected chi connectivity index (χ1v) is 4.20. The predicted octanol–water partition coefficient (Wildman–Crippen LogP) is 0.842. The molecule has 0 aromatic carbocycles. The topological polar surface area (TPSA) is 47.8 Å². The number of aryl methyl sites for hydroxylation is 1. The second kappa shape index (κ2) is 3.41. The molecule has 4 heteroatoms. The zero-order chi connectivity index (χ0) is 9.97. The van der Waals surface area contributed by atoms with E-state index in [4.69, 9.17) is 0 Å². The van der Waals surface area contributed by atoms with Crippen LogP contribution in [0.3, 0.4) is 0 Å². The number of nitrogens with zero attached hydrogens (tertiary/aromatic N) is 3. The third kappa shape index (κ3) is 1.54. The van der Waals surface area contributed by atoms with Crippen molar-refractivity contribution in [2.75, 3.05) is 0 Å². The van der Waals surface area contributed by atoms with Crippen LogP contribution in [0, 0.1) is 0 Å². The fourth-order valence-electron chi connectivity index (χ4n) is 1.21. The number of hydrogen-bond acceptors (Lipinski definition) is 3. The Morgan fingerprint density at radius 1 is 1.29 bits per heavy atom. The maximum atomic E-state index is 11.1. The van der Waals surface area contributed by atoms with Crippen LogP contribution in [-0.2, 0) is 7.05 Å². The number of hydrogen-bond donors (Lipinski definition) is 0. The molecule has 0 aliphatic heterocycles. The number of rotatable bonds is 1. The molecule has 14 heavy (non-hydrogen) atoms. The molecule has 0 saturated carbocycles. The van der Waals surface area contributed by atoms with E-state index in [2.05, 4.69) is 9.97 Å². The lowest BCUT2D eigenvalue weighted by molar-refractivity contribution is 0.861. The molecule has 0 N–H and O–H groups in total. The highest BCUT2D eigenvalue weighted by Gasteiger charge is 1.98. The van der Waals surface area contributed by atoms with Crippen LogP contribution in [0.5, 0.6) is 0 Å². The SMILES string of the molecule is Cn1cc(-c2ccncn2)ccc1=O. The summed E-state index contributed by atoms with van der Waals surface area (Å²) in [4.78, 5) is 19.1. The summed E-state index contributed by atoms with van der Waals surface area (Å²) in [7, 11) is 1.72. The molecule has 0 amide bonds. The van der Waals surface area contributed by atoms with Crippen molar-refractivity contribution >= 4 is 0 Å². The maximum absolute atomic E-state index is 11.1. The van der Waals surface area contributed by atoms with Crippen LogP contribution >= 0.6 is 0 Å². The van der Waals surface area contributed by atoms with Crippen molar-refractivity contribution in [1.82, 2.24) is 14.5 Å². The lowest BCUT2D eigenvalue weighted by atomic mass is 10.2. The summed E-state index contributed by atoms with van der Waals surface area (Å²) < 4.78 is 1.53. The fourth-order valence-corrected chi connectivity index (χ4v) is 1.21. The van der Waals surface area contributed by atoms with Gasteiger partial charge in [0.2, 0.25) is 5.56 Å². The number of pyridine rings is 1. The van der Waals surface area contributed by atoms with Crippen LogP contribution in [0.25, 0.3) is 11.3 Å². The van der Waals surface area contributed by atoms with Crippen molar-refractivity contribution in [1.29, 1.82) is 0 Å². The van der Waals surface area contributed by atoms with Gasteiger partial charge in [0.15, 0.2) is 0 Å². The Hall–Kier alpha value is -1.97. The Labute approximate surface area is 80.9 Å². The quantitative estimate of drug-likeness (QED) is 0.664. The van der Waals surface area contributed by atoms with Crippen molar-refractivity contribution in [3.63, 3.8) is 0 Å². The lowest BCUT2D eigenvalue weighted by Crippen LogP contribution is -2.14. The van der Waals surface area contributed by atoms with Crippen molar-refractivity contribution in [3.8, 4) is 11.3 Å². The molecule has 4 nitrogen and oxygen atoms in total. The zero-order valence-electron chi connectivity index (χ0n) is 7.71. The Morgan fingerprint density at radius 2 is 2.14 bits per heavy atom. The third-order valence-corrected chi connectivity index (χ3v) is 1.96. The second-order valence-corrected chi connectivity index (χ2v) is 2.96. The smallest absolute Gasteiger partial charge is 0.250 e. The van der Waals surface area contributed by atoms with E-state index < -0.39 is 0 Å². The first-order chi connectivity index (χ1) is 6.77. The molecule has 0 bridgehead atoms. The van der Waals surface area contributed by atoms with Gasteiger partial charge in [-0.25, -0.2) is 9.97 Å². The van der Waals surface area contributed by atoms with E-state index in [0.717, 1.165) is 11.3 Å². The minimum Gasteiger partial charge on any atom is -0.318 e. The highest BCUT2D eigenvalue weighted by atomic mass is 16.1. The zero-order valence-corrected chi connectivity index (χ0v) is 7.71. The average molecular weight is 187 g/mol. The van der Waals surface area contributed by atoms with Crippen molar-refractivity contribution < 1.29 is 0 Å². The maximum Gasteiger partial charge on any atom is 0.250 e. The summed E-state index contributed by atoms with van der Waals surface area (Å²) >= 11 is 0. The standard InChI is InChI=1S/C10H9N3O/c1-13-6-8(2-3-10(13)14)9-4-5-11-7-12-9/h2-7H,1H3. The van der Waals surface area contributed by atoms with Crippen molar-refractivity contribution in [2.24, 2.45) is 7.05 Å². The van der Waals surface area contributed by atoms with Crippen LogP contribution in [0.15, 0.2) is 41.7 Å². The van der Waals surface area contributed by atoms with Crippen LogP contribution in [0.2, 0.25) is 0 Å². The van der Waals surface area contributed by atoms with E-state index in [1.807, 2.05) is 0 Å². The van der Waals surface area contributed by atoms with Gasteiger partial charge in [-0.15, -0.1) is 0 Å². The molecule has 2 rings (SSSR count). The van der Waals surface area contributed by atoms with Crippen LogP contribution in [-0.4, -0.2) is 14.5 Å². The molecule has 0 aliphatic rings.